The van der Waals surface area contributed by atoms with Crippen molar-refractivity contribution in [1.82, 2.24) is 20.0 Å². The average molecular weight is 423 g/mol. The first kappa shape index (κ1) is 18.4. The standard InChI is InChI=1S/C17H20BrFN6O/c1-20-17(21-8-12-7-13(19)3-4-15(12)18)24-5-6-25(16(26)11-24)14-9-22-23(2)10-14/h3-4,7,9-10H,5-6,8,11H2,1-2H3,(H,20,21). The van der Waals surface area contributed by atoms with E-state index in [1.807, 2.05) is 18.1 Å². The SMILES string of the molecule is CN=C(NCc1cc(F)ccc1Br)N1CCN(c2cnn(C)c2)C(=O)C1. The predicted molar refractivity (Wildman–Crippen MR) is 101 cm³/mol. The molecule has 1 aromatic heterocycles. The van der Waals surface area contributed by atoms with Crippen molar-refractivity contribution in [2.45, 2.75) is 6.54 Å². The molecule has 3 rings (SSSR count). The Morgan fingerprint density at radius 1 is 1.42 bits per heavy atom. The van der Waals surface area contributed by atoms with Gasteiger partial charge in [-0.05, 0) is 23.8 Å². The highest BCUT2D eigenvalue weighted by Gasteiger charge is 2.27. The summed E-state index contributed by atoms with van der Waals surface area (Å²) >= 11 is 3.41. The van der Waals surface area contributed by atoms with Crippen LogP contribution in [-0.2, 0) is 18.4 Å². The normalized spacial score (nSPS) is 15.5. The van der Waals surface area contributed by atoms with Gasteiger partial charge in [-0.1, -0.05) is 15.9 Å². The fourth-order valence-corrected chi connectivity index (χ4v) is 3.25. The maximum absolute atomic E-state index is 13.4. The molecular formula is C17H20BrFN6O. The van der Waals surface area contributed by atoms with E-state index in [1.165, 1.54) is 12.1 Å². The van der Waals surface area contributed by atoms with Gasteiger partial charge in [-0.15, -0.1) is 0 Å². The highest BCUT2D eigenvalue weighted by atomic mass is 79.9. The lowest BCUT2D eigenvalue weighted by Gasteiger charge is -2.35. The number of anilines is 1. The van der Waals surface area contributed by atoms with Crippen LogP contribution in [0.5, 0.6) is 0 Å². The van der Waals surface area contributed by atoms with Crippen LogP contribution in [0.2, 0.25) is 0 Å². The smallest absolute Gasteiger partial charge is 0.246 e. The molecule has 1 N–H and O–H groups in total. The van der Waals surface area contributed by atoms with Crippen LogP contribution in [0.3, 0.4) is 0 Å². The van der Waals surface area contributed by atoms with Gasteiger partial charge < -0.3 is 15.1 Å². The van der Waals surface area contributed by atoms with Crippen molar-refractivity contribution in [3.8, 4) is 0 Å². The Hall–Kier alpha value is -2.42. The molecule has 0 bridgehead atoms. The molecular weight excluding hydrogens is 403 g/mol. The monoisotopic (exact) mass is 422 g/mol. The number of hydrogen-bond acceptors (Lipinski definition) is 3. The van der Waals surface area contributed by atoms with Crippen molar-refractivity contribution in [2.75, 3.05) is 31.6 Å². The number of hydrogen-bond donors (Lipinski definition) is 1. The molecule has 2 heterocycles. The molecule has 7 nitrogen and oxygen atoms in total. The zero-order valence-corrected chi connectivity index (χ0v) is 16.2. The Labute approximate surface area is 159 Å². The van der Waals surface area contributed by atoms with E-state index in [-0.39, 0.29) is 18.3 Å². The number of guanidine groups is 1. The van der Waals surface area contributed by atoms with Crippen LogP contribution in [0.25, 0.3) is 0 Å². The molecule has 0 atom stereocenters. The molecule has 0 spiro atoms. The second-order valence-corrected chi connectivity index (χ2v) is 6.83. The first-order chi connectivity index (χ1) is 12.5. The van der Waals surface area contributed by atoms with Gasteiger partial charge in [0.05, 0.1) is 11.9 Å². The number of benzene rings is 1. The summed E-state index contributed by atoms with van der Waals surface area (Å²) in [5.41, 5.74) is 1.58. The molecule has 0 aliphatic carbocycles. The van der Waals surface area contributed by atoms with E-state index in [1.54, 1.807) is 28.9 Å². The Morgan fingerprint density at radius 2 is 2.23 bits per heavy atom. The van der Waals surface area contributed by atoms with Gasteiger partial charge in [0.15, 0.2) is 5.96 Å². The average Bonchev–Trinajstić information content (AvgIpc) is 3.04. The number of nitrogens with one attached hydrogen (secondary N) is 1. The van der Waals surface area contributed by atoms with E-state index in [4.69, 9.17) is 0 Å². The minimum absolute atomic E-state index is 0.0147. The van der Waals surface area contributed by atoms with Crippen LogP contribution in [-0.4, -0.2) is 53.2 Å². The van der Waals surface area contributed by atoms with E-state index in [0.29, 0.717) is 25.6 Å². The van der Waals surface area contributed by atoms with Crippen LogP contribution in [0.4, 0.5) is 10.1 Å². The highest BCUT2D eigenvalue weighted by molar-refractivity contribution is 9.10. The zero-order chi connectivity index (χ0) is 18.7. The number of piperazine rings is 1. The fourth-order valence-electron chi connectivity index (χ4n) is 2.86. The largest absolute Gasteiger partial charge is 0.352 e. The summed E-state index contributed by atoms with van der Waals surface area (Å²) in [5.74, 6) is 0.305. The maximum atomic E-state index is 13.4. The van der Waals surface area contributed by atoms with Crippen molar-refractivity contribution in [1.29, 1.82) is 0 Å². The minimum atomic E-state index is -0.291. The molecule has 1 saturated heterocycles. The van der Waals surface area contributed by atoms with Crippen molar-refractivity contribution in [3.05, 3.63) is 46.4 Å². The maximum Gasteiger partial charge on any atom is 0.246 e. The number of halogens is 2. The lowest BCUT2D eigenvalue weighted by Crippen LogP contribution is -2.55. The summed E-state index contributed by atoms with van der Waals surface area (Å²) < 4.78 is 15.9. The fraction of sp³-hybridized carbons (Fsp3) is 0.353. The topological polar surface area (TPSA) is 65.8 Å². The van der Waals surface area contributed by atoms with Gasteiger partial charge in [-0.25, -0.2) is 4.39 Å². The van der Waals surface area contributed by atoms with Crippen LogP contribution in [0.1, 0.15) is 5.56 Å². The van der Waals surface area contributed by atoms with Crippen molar-refractivity contribution in [2.24, 2.45) is 12.0 Å². The van der Waals surface area contributed by atoms with Gasteiger partial charge >= 0.3 is 0 Å². The Kier molecular flexibility index (Phi) is 5.55. The summed E-state index contributed by atoms with van der Waals surface area (Å²) in [5, 5.41) is 7.31. The lowest BCUT2D eigenvalue weighted by molar-refractivity contribution is -0.120. The number of amides is 1. The summed E-state index contributed by atoms with van der Waals surface area (Å²) in [6, 6.07) is 4.54. The summed E-state index contributed by atoms with van der Waals surface area (Å²) in [4.78, 5) is 20.4. The van der Waals surface area contributed by atoms with Gasteiger partial charge in [0.1, 0.15) is 12.4 Å². The van der Waals surface area contributed by atoms with Gasteiger partial charge in [0.25, 0.3) is 0 Å². The van der Waals surface area contributed by atoms with Gasteiger partial charge in [0.2, 0.25) is 5.91 Å². The number of aliphatic imine (C=N–C) groups is 1. The van der Waals surface area contributed by atoms with Crippen molar-refractivity contribution in [3.63, 3.8) is 0 Å². The Balaban J connectivity index is 1.63. The molecule has 138 valence electrons. The van der Waals surface area contributed by atoms with E-state index >= 15 is 0 Å². The van der Waals surface area contributed by atoms with E-state index in [2.05, 4.69) is 31.3 Å². The quantitative estimate of drug-likeness (QED) is 0.604. The van der Waals surface area contributed by atoms with Crippen LogP contribution < -0.4 is 10.2 Å². The molecule has 2 aromatic rings. The molecule has 0 radical (unpaired) electrons. The minimum Gasteiger partial charge on any atom is -0.352 e. The van der Waals surface area contributed by atoms with Gasteiger partial charge in [0, 0.05) is 44.4 Å². The molecule has 1 fully saturated rings. The number of carbonyl (C=O) groups is 1. The predicted octanol–water partition coefficient (Wildman–Crippen LogP) is 1.75. The molecule has 9 heteroatoms. The third-order valence-electron chi connectivity index (χ3n) is 4.18. The first-order valence-corrected chi connectivity index (χ1v) is 8.96. The molecule has 1 amide bonds. The zero-order valence-electron chi connectivity index (χ0n) is 14.6. The number of aromatic nitrogens is 2. The summed E-state index contributed by atoms with van der Waals surface area (Å²) in [6.45, 7) is 1.82. The second-order valence-electron chi connectivity index (χ2n) is 5.98. The molecule has 0 unspecified atom stereocenters. The Morgan fingerprint density at radius 3 is 2.88 bits per heavy atom. The number of aryl methyl sites for hydroxylation is 1. The van der Waals surface area contributed by atoms with Crippen LogP contribution >= 0.6 is 15.9 Å². The molecule has 26 heavy (non-hydrogen) atoms. The molecule has 1 aliphatic rings. The summed E-state index contributed by atoms with van der Waals surface area (Å²) in [7, 11) is 3.49. The van der Waals surface area contributed by atoms with E-state index < -0.39 is 0 Å². The van der Waals surface area contributed by atoms with Crippen molar-refractivity contribution < 1.29 is 9.18 Å². The number of carbonyl (C=O) groups excluding carboxylic acids is 1. The first-order valence-electron chi connectivity index (χ1n) is 8.16. The number of rotatable bonds is 3. The van der Waals surface area contributed by atoms with Crippen LogP contribution in [0, 0.1) is 5.82 Å². The molecule has 1 aliphatic heterocycles. The van der Waals surface area contributed by atoms with E-state index in [9.17, 15) is 9.18 Å². The lowest BCUT2D eigenvalue weighted by atomic mass is 10.2. The van der Waals surface area contributed by atoms with Gasteiger partial charge in [-0.2, -0.15) is 5.10 Å². The number of nitrogens with zero attached hydrogens (tertiary/aromatic N) is 5. The Bertz CT molecular complexity index is 836. The highest BCUT2D eigenvalue weighted by Crippen LogP contribution is 2.18. The van der Waals surface area contributed by atoms with Crippen molar-refractivity contribution >= 4 is 33.5 Å². The molecule has 0 saturated carbocycles. The third kappa shape index (κ3) is 4.04. The summed E-state index contributed by atoms with van der Waals surface area (Å²) in [6.07, 6.45) is 3.50. The third-order valence-corrected chi connectivity index (χ3v) is 4.95. The van der Waals surface area contributed by atoms with Gasteiger partial charge in [-0.3, -0.25) is 14.5 Å². The van der Waals surface area contributed by atoms with E-state index in [0.717, 1.165) is 15.7 Å². The second kappa shape index (κ2) is 7.86. The molecule has 1 aromatic carbocycles. The van der Waals surface area contributed by atoms with Crippen LogP contribution in [0.15, 0.2) is 40.1 Å².